The molecule has 19 heavy (non-hydrogen) atoms. The van der Waals surface area contributed by atoms with Crippen molar-refractivity contribution in [1.82, 2.24) is 14.8 Å². The van der Waals surface area contributed by atoms with Gasteiger partial charge in [0.05, 0.1) is 12.4 Å². The third-order valence-electron chi connectivity index (χ3n) is 2.97. The van der Waals surface area contributed by atoms with Crippen LogP contribution in [0.3, 0.4) is 0 Å². The molecule has 0 aliphatic rings. The van der Waals surface area contributed by atoms with Gasteiger partial charge >= 0.3 is 0 Å². The van der Waals surface area contributed by atoms with Gasteiger partial charge in [0, 0.05) is 18.1 Å². The molecule has 3 rings (SSSR count). The van der Waals surface area contributed by atoms with Gasteiger partial charge in [-0.05, 0) is 36.8 Å². The first-order valence-corrected chi connectivity index (χ1v) is 5.95. The predicted octanol–water partition coefficient (Wildman–Crippen LogP) is 2.65. The average molecular weight is 254 g/mol. The van der Waals surface area contributed by atoms with E-state index in [-0.39, 0.29) is 0 Å². The molecule has 1 aromatic carbocycles. The Bertz CT molecular complexity index is 748. The van der Waals surface area contributed by atoms with Gasteiger partial charge in [-0.2, -0.15) is 5.10 Å². The third-order valence-corrected chi connectivity index (χ3v) is 2.97. The van der Waals surface area contributed by atoms with Gasteiger partial charge in [0.1, 0.15) is 11.5 Å². The van der Waals surface area contributed by atoms with E-state index in [2.05, 4.69) is 10.1 Å². The number of hydrogen-bond donors (Lipinski definition) is 1. The van der Waals surface area contributed by atoms with Crippen LogP contribution in [0.15, 0.2) is 36.7 Å². The summed E-state index contributed by atoms with van der Waals surface area (Å²) in [6.07, 6.45) is 3.46. The molecular weight excluding hydrogens is 240 g/mol. The number of nitrogens with two attached hydrogens (primary N) is 1. The van der Waals surface area contributed by atoms with Crippen molar-refractivity contribution in [2.75, 3.05) is 5.73 Å². The van der Waals surface area contributed by atoms with Gasteiger partial charge in [0.2, 0.25) is 0 Å². The predicted molar refractivity (Wildman–Crippen MR) is 74.2 cm³/mol. The molecule has 2 aromatic heterocycles. The van der Waals surface area contributed by atoms with Gasteiger partial charge in [-0.3, -0.25) is 4.68 Å². The maximum Gasteiger partial charge on any atom is 0.157 e. The maximum absolute atomic E-state index is 5.83. The van der Waals surface area contributed by atoms with Gasteiger partial charge in [-0.15, -0.1) is 0 Å². The summed E-state index contributed by atoms with van der Waals surface area (Å²) in [4.78, 5) is 4.33. The van der Waals surface area contributed by atoms with Gasteiger partial charge in [0.25, 0.3) is 0 Å². The summed E-state index contributed by atoms with van der Waals surface area (Å²) in [7, 11) is 1.86. The van der Waals surface area contributed by atoms with Crippen molar-refractivity contribution in [3.8, 4) is 11.5 Å². The van der Waals surface area contributed by atoms with Crippen molar-refractivity contribution in [3.05, 3.63) is 42.2 Å². The minimum atomic E-state index is 0.688. The number of benzene rings is 1. The van der Waals surface area contributed by atoms with Crippen molar-refractivity contribution in [1.29, 1.82) is 0 Å². The monoisotopic (exact) mass is 254 g/mol. The molecule has 5 heteroatoms. The summed E-state index contributed by atoms with van der Waals surface area (Å²) in [5, 5.41) is 5.11. The first-order valence-electron chi connectivity index (χ1n) is 5.95. The molecule has 0 unspecified atom stereocenters. The first kappa shape index (κ1) is 11.5. The number of fused-ring (bicyclic) bond motifs is 1. The summed E-state index contributed by atoms with van der Waals surface area (Å²) < 4.78 is 7.56. The van der Waals surface area contributed by atoms with E-state index < -0.39 is 0 Å². The number of rotatable bonds is 2. The molecule has 3 aromatic rings. The molecule has 2 heterocycles. The van der Waals surface area contributed by atoms with Crippen LogP contribution in [0.4, 0.5) is 5.69 Å². The zero-order chi connectivity index (χ0) is 13.4. The Kier molecular flexibility index (Phi) is 2.59. The molecule has 0 radical (unpaired) electrons. The molecule has 0 atom stereocenters. The molecule has 0 saturated heterocycles. The minimum absolute atomic E-state index is 0.688. The van der Waals surface area contributed by atoms with Gasteiger partial charge in [0.15, 0.2) is 5.65 Å². The molecule has 0 amide bonds. The van der Waals surface area contributed by atoms with Crippen LogP contribution in [-0.4, -0.2) is 14.8 Å². The Balaban J connectivity index is 1.96. The van der Waals surface area contributed by atoms with E-state index in [1.54, 1.807) is 17.1 Å². The van der Waals surface area contributed by atoms with E-state index in [4.69, 9.17) is 10.5 Å². The number of aromatic nitrogens is 3. The summed E-state index contributed by atoms with van der Waals surface area (Å²) in [6.45, 7) is 1.96. The summed E-state index contributed by atoms with van der Waals surface area (Å²) in [5.41, 5.74) is 8.27. The molecule has 0 fully saturated rings. The molecule has 0 aliphatic heterocycles. The van der Waals surface area contributed by atoms with Crippen molar-refractivity contribution in [3.63, 3.8) is 0 Å². The van der Waals surface area contributed by atoms with Gasteiger partial charge in [-0.25, -0.2) is 4.98 Å². The van der Waals surface area contributed by atoms with E-state index >= 15 is 0 Å². The van der Waals surface area contributed by atoms with Gasteiger partial charge in [-0.1, -0.05) is 0 Å². The lowest BCUT2D eigenvalue weighted by Crippen LogP contribution is -1.93. The molecule has 0 aliphatic carbocycles. The number of anilines is 1. The van der Waals surface area contributed by atoms with Crippen LogP contribution in [0.2, 0.25) is 0 Å². The van der Waals surface area contributed by atoms with Crippen LogP contribution >= 0.6 is 0 Å². The number of aryl methyl sites for hydroxylation is 2. The SMILES string of the molecule is Cc1cc(N)ccc1Oc1cnc2c(cnn2C)c1. The molecule has 2 N–H and O–H groups in total. The Hall–Kier alpha value is -2.56. The lowest BCUT2D eigenvalue weighted by Gasteiger charge is -2.09. The summed E-state index contributed by atoms with van der Waals surface area (Å²) in [6, 6.07) is 7.48. The second kappa shape index (κ2) is 4.28. The topological polar surface area (TPSA) is 66.0 Å². The molecule has 0 spiro atoms. The van der Waals surface area contributed by atoms with Crippen molar-refractivity contribution < 1.29 is 4.74 Å². The highest BCUT2D eigenvalue weighted by Gasteiger charge is 2.06. The van der Waals surface area contributed by atoms with Crippen LogP contribution in [-0.2, 0) is 7.05 Å². The highest BCUT2D eigenvalue weighted by atomic mass is 16.5. The first-order chi connectivity index (χ1) is 9.13. The number of pyridine rings is 1. The van der Waals surface area contributed by atoms with Gasteiger partial charge < -0.3 is 10.5 Å². The minimum Gasteiger partial charge on any atom is -0.455 e. The average Bonchev–Trinajstić information content (AvgIpc) is 2.74. The summed E-state index contributed by atoms with van der Waals surface area (Å²) >= 11 is 0. The molecule has 0 bridgehead atoms. The molecule has 5 nitrogen and oxygen atoms in total. The highest BCUT2D eigenvalue weighted by molar-refractivity contribution is 5.75. The molecule has 0 saturated carbocycles. The van der Waals surface area contributed by atoms with Crippen LogP contribution in [0, 0.1) is 6.92 Å². The van der Waals surface area contributed by atoms with Crippen LogP contribution < -0.4 is 10.5 Å². The lowest BCUT2D eigenvalue weighted by atomic mass is 10.2. The Labute approximate surface area is 110 Å². The normalized spacial score (nSPS) is 10.8. The maximum atomic E-state index is 5.83. The summed E-state index contributed by atoms with van der Waals surface area (Å²) in [5.74, 6) is 1.47. The van der Waals surface area contributed by atoms with E-state index in [0.717, 1.165) is 28.0 Å². The van der Waals surface area contributed by atoms with Crippen LogP contribution in [0.5, 0.6) is 11.5 Å². The van der Waals surface area contributed by atoms with Crippen molar-refractivity contribution >= 4 is 16.7 Å². The van der Waals surface area contributed by atoms with E-state index in [1.165, 1.54) is 0 Å². The van der Waals surface area contributed by atoms with Crippen LogP contribution in [0.25, 0.3) is 11.0 Å². The number of nitrogen functional groups attached to an aromatic ring is 1. The van der Waals surface area contributed by atoms with E-state index in [0.29, 0.717) is 5.75 Å². The van der Waals surface area contributed by atoms with Crippen LogP contribution in [0.1, 0.15) is 5.56 Å². The smallest absolute Gasteiger partial charge is 0.157 e. The van der Waals surface area contributed by atoms with E-state index in [1.807, 2.05) is 38.2 Å². The van der Waals surface area contributed by atoms with E-state index in [9.17, 15) is 0 Å². The fraction of sp³-hybridized carbons (Fsp3) is 0.143. The second-order valence-electron chi connectivity index (χ2n) is 4.48. The van der Waals surface area contributed by atoms with Crippen molar-refractivity contribution in [2.45, 2.75) is 6.92 Å². The third kappa shape index (κ3) is 2.10. The highest BCUT2D eigenvalue weighted by Crippen LogP contribution is 2.27. The standard InChI is InChI=1S/C14H14N4O/c1-9-5-11(15)3-4-13(9)19-12-6-10-7-17-18(2)14(10)16-8-12/h3-8H,15H2,1-2H3. The Morgan fingerprint density at radius 1 is 1.21 bits per heavy atom. The van der Waals surface area contributed by atoms with Crippen molar-refractivity contribution in [2.24, 2.45) is 7.05 Å². The number of nitrogens with zero attached hydrogens (tertiary/aromatic N) is 3. The Morgan fingerprint density at radius 2 is 2.05 bits per heavy atom. The zero-order valence-corrected chi connectivity index (χ0v) is 10.8. The fourth-order valence-electron chi connectivity index (χ4n) is 1.99. The number of hydrogen-bond acceptors (Lipinski definition) is 4. The quantitative estimate of drug-likeness (QED) is 0.714. The number of ether oxygens (including phenoxy) is 1. The largest absolute Gasteiger partial charge is 0.455 e. The second-order valence-corrected chi connectivity index (χ2v) is 4.48. The lowest BCUT2D eigenvalue weighted by molar-refractivity contribution is 0.477. The molecule has 96 valence electrons. The zero-order valence-electron chi connectivity index (χ0n) is 10.8. The Morgan fingerprint density at radius 3 is 2.84 bits per heavy atom. The fourth-order valence-corrected chi connectivity index (χ4v) is 1.99. The molecular formula is C14H14N4O.